The molecule has 1 aromatic carbocycles. The molecule has 18 heavy (non-hydrogen) atoms. The summed E-state index contributed by atoms with van der Waals surface area (Å²) in [4.78, 5) is 0. The lowest BCUT2D eigenvalue weighted by atomic mass is 10.2. The van der Waals surface area contributed by atoms with E-state index < -0.39 is 0 Å². The number of aryl methyl sites for hydroxylation is 1. The van der Waals surface area contributed by atoms with Crippen LogP contribution in [0.15, 0.2) is 24.4 Å². The molecule has 0 bridgehead atoms. The fourth-order valence-corrected chi connectivity index (χ4v) is 2.13. The van der Waals surface area contributed by atoms with E-state index in [-0.39, 0.29) is 5.82 Å². The normalized spacial score (nSPS) is 10.0. The van der Waals surface area contributed by atoms with E-state index in [1.807, 2.05) is 13.0 Å². The average Bonchev–Trinajstić information content (AvgIpc) is 2.67. The van der Waals surface area contributed by atoms with Crippen molar-refractivity contribution >= 4 is 41.7 Å². The predicted molar refractivity (Wildman–Crippen MR) is 81.8 cm³/mol. The Morgan fingerprint density at radius 2 is 2.22 bits per heavy atom. The molecule has 2 nitrogen and oxygen atoms in total. The molecule has 2 aromatic rings. The quantitative estimate of drug-likeness (QED) is 0.530. The standard InChI is InChI=1S/C12H7ClFIN2S/c1-8-4-9(14)6-10(5-8)17-7-11(13)12(16-17)2-3-18-15/h4-7H,1H3. The van der Waals surface area contributed by atoms with Crippen LogP contribution < -0.4 is 0 Å². The summed E-state index contributed by atoms with van der Waals surface area (Å²) in [6.07, 6.45) is 1.62. The Morgan fingerprint density at radius 1 is 1.44 bits per heavy atom. The Bertz CT molecular complexity index is 625. The summed E-state index contributed by atoms with van der Waals surface area (Å²) in [5, 5.41) is 7.49. The first-order valence-corrected chi connectivity index (χ1v) is 8.65. The first-order chi connectivity index (χ1) is 8.60. The zero-order valence-corrected chi connectivity index (χ0v) is 13.0. The molecule has 1 aromatic heterocycles. The topological polar surface area (TPSA) is 17.8 Å². The number of rotatable bonds is 1. The highest BCUT2D eigenvalue weighted by Gasteiger charge is 2.07. The molecule has 0 atom stereocenters. The molecular weight excluding hydrogens is 386 g/mol. The number of benzene rings is 1. The van der Waals surface area contributed by atoms with Crippen molar-refractivity contribution in [2.24, 2.45) is 0 Å². The lowest BCUT2D eigenvalue weighted by molar-refractivity contribution is 0.624. The van der Waals surface area contributed by atoms with Crippen LogP contribution in [0.5, 0.6) is 0 Å². The second kappa shape index (κ2) is 5.95. The molecule has 0 saturated heterocycles. The van der Waals surface area contributed by atoms with E-state index in [0.29, 0.717) is 16.4 Å². The third kappa shape index (κ3) is 3.19. The maximum absolute atomic E-state index is 13.3. The predicted octanol–water partition coefficient (Wildman–Crippen LogP) is 4.37. The van der Waals surface area contributed by atoms with Gasteiger partial charge in [0.2, 0.25) is 0 Å². The van der Waals surface area contributed by atoms with Crippen molar-refractivity contribution < 1.29 is 4.39 Å². The van der Waals surface area contributed by atoms with Crippen LogP contribution in [0, 0.1) is 23.9 Å². The molecular formula is C12H7ClFIN2S. The third-order valence-corrected chi connectivity index (χ3v) is 3.29. The minimum Gasteiger partial charge on any atom is -0.238 e. The van der Waals surface area contributed by atoms with Crippen LogP contribution in [0.4, 0.5) is 4.39 Å². The fourth-order valence-electron chi connectivity index (χ4n) is 1.49. The van der Waals surface area contributed by atoms with Gasteiger partial charge in [-0.3, -0.25) is 0 Å². The van der Waals surface area contributed by atoms with Crippen molar-refractivity contribution in [1.82, 2.24) is 9.78 Å². The van der Waals surface area contributed by atoms with Gasteiger partial charge in [-0.15, -0.1) is 0 Å². The van der Waals surface area contributed by atoms with Crippen LogP contribution in [0.3, 0.4) is 0 Å². The lowest BCUT2D eigenvalue weighted by Gasteiger charge is -2.02. The van der Waals surface area contributed by atoms with Gasteiger partial charge in [-0.2, -0.15) is 5.10 Å². The maximum Gasteiger partial charge on any atom is 0.155 e. The SMILES string of the molecule is Cc1cc(F)cc(-n2cc(Cl)c(C#CSI)n2)c1. The van der Waals surface area contributed by atoms with Gasteiger partial charge in [-0.1, -0.05) is 11.6 Å². The van der Waals surface area contributed by atoms with E-state index in [4.69, 9.17) is 11.6 Å². The van der Waals surface area contributed by atoms with Gasteiger partial charge in [0.15, 0.2) is 5.69 Å². The zero-order chi connectivity index (χ0) is 13.1. The Morgan fingerprint density at radius 3 is 2.89 bits per heavy atom. The Labute approximate surface area is 125 Å². The number of hydrogen-bond donors (Lipinski definition) is 0. The summed E-state index contributed by atoms with van der Waals surface area (Å²) in [6.45, 7) is 1.82. The molecule has 0 unspecified atom stereocenters. The smallest absolute Gasteiger partial charge is 0.155 e. The van der Waals surface area contributed by atoms with Crippen LogP contribution in [0.2, 0.25) is 5.02 Å². The Kier molecular flexibility index (Phi) is 4.54. The van der Waals surface area contributed by atoms with Gasteiger partial charge in [0.25, 0.3) is 0 Å². The van der Waals surface area contributed by atoms with E-state index in [9.17, 15) is 4.39 Å². The highest BCUT2D eigenvalue weighted by Crippen LogP contribution is 2.19. The average molecular weight is 393 g/mol. The van der Waals surface area contributed by atoms with Gasteiger partial charge >= 0.3 is 0 Å². The van der Waals surface area contributed by atoms with Crippen molar-refractivity contribution in [3.05, 3.63) is 46.5 Å². The summed E-state index contributed by atoms with van der Waals surface area (Å²) in [7, 11) is 1.36. The number of aromatic nitrogens is 2. The maximum atomic E-state index is 13.3. The van der Waals surface area contributed by atoms with Gasteiger partial charge in [-0.25, -0.2) is 9.07 Å². The Balaban J connectivity index is 2.45. The molecule has 6 heteroatoms. The van der Waals surface area contributed by atoms with Crippen molar-refractivity contribution in [2.45, 2.75) is 6.92 Å². The van der Waals surface area contributed by atoms with Gasteiger partial charge in [0.05, 0.1) is 16.9 Å². The van der Waals surface area contributed by atoms with Crippen molar-refractivity contribution in [2.75, 3.05) is 0 Å². The van der Waals surface area contributed by atoms with Crippen LogP contribution in [-0.4, -0.2) is 9.78 Å². The van der Waals surface area contributed by atoms with Crippen molar-refractivity contribution in [3.63, 3.8) is 0 Å². The molecule has 0 aliphatic heterocycles. The molecule has 0 aliphatic carbocycles. The second-order valence-corrected chi connectivity index (χ2v) is 5.65. The number of hydrogen-bond acceptors (Lipinski definition) is 2. The first-order valence-electron chi connectivity index (χ1n) is 4.91. The molecule has 2 rings (SSSR count). The van der Waals surface area contributed by atoms with E-state index in [2.05, 4.69) is 37.5 Å². The molecule has 0 aliphatic rings. The summed E-state index contributed by atoms with van der Waals surface area (Å²) in [5.41, 5.74) is 1.94. The largest absolute Gasteiger partial charge is 0.238 e. The number of halogens is 3. The zero-order valence-electron chi connectivity index (χ0n) is 9.25. The Hall–Kier alpha value is -0.710. The van der Waals surface area contributed by atoms with E-state index in [1.54, 1.807) is 6.20 Å². The van der Waals surface area contributed by atoms with Crippen LogP contribution in [0.25, 0.3) is 5.69 Å². The highest BCUT2D eigenvalue weighted by molar-refractivity contribution is 14.2. The van der Waals surface area contributed by atoms with E-state index in [1.165, 1.54) is 25.7 Å². The lowest BCUT2D eigenvalue weighted by Crippen LogP contribution is -1.96. The summed E-state index contributed by atoms with van der Waals surface area (Å²) >= 11 is 8.09. The summed E-state index contributed by atoms with van der Waals surface area (Å²) in [5.74, 6) is 2.53. The molecule has 1 heterocycles. The van der Waals surface area contributed by atoms with Gasteiger partial charge < -0.3 is 0 Å². The molecule has 0 saturated carbocycles. The van der Waals surface area contributed by atoms with Gasteiger partial charge in [-0.05, 0) is 50.8 Å². The molecule has 0 N–H and O–H groups in total. The fraction of sp³-hybridized carbons (Fsp3) is 0.0833. The number of nitrogens with zero attached hydrogens (tertiary/aromatic N) is 2. The second-order valence-electron chi connectivity index (χ2n) is 3.56. The summed E-state index contributed by atoms with van der Waals surface area (Å²) in [6, 6.07) is 4.69. The van der Waals surface area contributed by atoms with Crippen molar-refractivity contribution in [3.8, 4) is 16.9 Å². The van der Waals surface area contributed by atoms with Gasteiger partial charge in [0, 0.05) is 21.2 Å². The summed E-state index contributed by atoms with van der Waals surface area (Å²) < 4.78 is 14.8. The van der Waals surface area contributed by atoms with Crippen LogP contribution in [0.1, 0.15) is 11.3 Å². The monoisotopic (exact) mass is 392 g/mol. The van der Waals surface area contributed by atoms with Crippen LogP contribution >= 0.6 is 41.7 Å². The van der Waals surface area contributed by atoms with E-state index >= 15 is 0 Å². The van der Waals surface area contributed by atoms with Crippen LogP contribution in [-0.2, 0) is 0 Å². The first kappa shape index (κ1) is 13.7. The molecule has 0 amide bonds. The minimum absolute atomic E-state index is 0.299. The minimum atomic E-state index is -0.299. The highest BCUT2D eigenvalue weighted by atomic mass is 127. The third-order valence-electron chi connectivity index (χ3n) is 2.17. The van der Waals surface area contributed by atoms with E-state index in [0.717, 1.165) is 5.56 Å². The molecule has 0 radical (unpaired) electrons. The molecule has 0 spiro atoms. The van der Waals surface area contributed by atoms with Gasteiger partial charge in [0.1, 0.15) is 5.82 Å². The van der Waals surface area contributed by atoms with Crippen molar-refractivity contribution in [1.29, 1.82) is 0 Å². The molecule has 0 fully saturated rings. The molecule has 92 valence electrons.